The first kappa shape index (κ1) is 58.3. The second kappa shape index (κ2) is 48.7. The fourth-order valence-corrected chi connectivity index (χ4v) is 4.52. The van der Waals surface area contributed by atoms with Gasteiger partial charge < -0.3 is 80.6 Å². The molecule has 1 aliphatic heterocycles. The maximum absolute atomic E-state index is 11.7. The van der Waals surface area contributed by atoms with Crippen LogP contribution in [0.4, 0.5) is 0 Å². The number of nitrogens with zero attached hydrogens (tertiary/aromatic N) is 3. The number of rotatable bonds is 52. The lowest BCUT2D eigenvalue weighted by molar-refractivity contribution is -0.198. The zero-order valence-corrected chi connectivity index (χ0v) is 37.0. The Morgan fingerprint density at radius 2 is 0.587 bits per heavy atom. The van der Waals surface area contributed by atoms with Crippen molar-refractivity contribution < 1.29 is 95.0 Å². The van der Waals surface area contributed by atoms with Crippen LogP contribution in [0.25, 0.3) is 0 Å². The van der Waals surface area contributed by atoms with Gasteiger partial charge in [-0.2, -0.15) is 0 Å². The van der Waals surface area contributed by atoms with Gasteiger partial charge in [0.05, 0.1) is 218 Å². The van der Waals surface area contributed by atoms with Crippen LogP contribution in [0.15, 0.2) is 5.11 Å². The fourth-order valence-electron chi connectivity index (χ4n) is 4.52. The summed E-state index contributed by atoms with van der Waals surface area (Å²) in [4.78, 5) is 42.2. The Balaban J connectivity index is 1.61. The second-order valence-electron chi connectivity index (χ2n) is 12.6. The molecule has 0 aromatic rings. The molecule has 1 saturated heterocycles. The van der Waals surface area contributed by atoms with E-state index in [0.717, 1.165) is 0 Å². The average Bonchev–Trinajstić information content (AvgIpc) is 3.60. The number of imide groups is 1. The summed E-state index contributed by atoms with van der Waals surface area (Å²) in [6.07, 6.45) is 0.0291. The maximum Gasteiger partial charge on any atom is 0.335 e. The third-order valence-electron chi connectivity index (χ3n) is 7.64. The molecule has 24 heteroatoms. The van der Waals surface area contributed by atoms with Gasteiger partial charge in [-0.05, 0) is 0 Å². The summed E-state index contributed by atoms with van der Waals surface area (Å²) in [6, 6.07) is 0. The summed E-state index contributed by atoms with van der Waals surface area (Å²) in [5.41, 5.74) is 6.52. The summed E-state index contributed by atoms with van der Waals surface area (Å²) in [7, 11) is 0. The molecule has 1 rings (SSSR count). The van der Waals surface area contributed by atoms with Crippen LogP contribution in [0.1, 0.15) is 19.3 Å². The normalized spacial score (nSPS) is 12.7. The van der Waals surface area contributed by atoms with Gasteiger partial charge in [0.1, 0.15) is 17.2 Å². The van der Waals surface area contributed by atoms with Crippen molar-refractivity contribution in [3.63, 3.8) is 0 Å². The van der Waals surface area contributed by atoms with E-state index in [4.69, 9.17) is 86.2 Å². The standard InChI is InChI=1S/C39H73N4O20/c40-42-41-4-6-48-8-10-50-12-14-52-16-18-54-20-22-56-24-26-58-28-30-60-32-34-62-36-35-61-33-31-59-29-27-57-25-23-55-21-19-53-17-15-51-13-11-49-9-7-47-5-3-39(46)63-43-37(44)1-2-38(43)45/h40H,1-36H2/q+1. The molecular formula is C39H73N4O20+. The van der Waals surface area contributed by atoms with E-state index in [1.807, 2.05) is 0 Å². The SMILES string of the molecule is N=[N+]=NCCOCCOCCOCCOCCOCCOCCOCCOCCOCCOCCOCCOCCOCCOCCOCCOCCC(=O)ON1C(=O)CCC1=O. The van der Waals surface area contributed by atoms with Crippen molar-refractivity contribution in [2.75, 3.05) is 218 Å². The third kappa shape index (κ3) is 43.0. The number of carbonyl (C=O) groups is 3. The van der Waals surface area contributed by atoms with Gasteiger partial charge >= 0.3 is 5.97 Å². The molecule has 0 atom stereocenters. The fraction of sp³-hybridized carbons (Fsp3) is 0.923. The van der Waals surface area contributed by atoms with Crippen molar-refractivity contribution >= 4 is 17.8 Å². The number of nitrogens with one attached hydrogen (secondary N) is 1. The maximum atomic E-state index is 11.7. The summed E-state index contributed by atoms with van der Waals surface area (Å²) < 4.78 is 87.0. The van der Waals surface area contributed by atoms with Crippen LogP contribution >= 0.6 is 0 Å². The van der Waals surface area contributed by atoms with Gasteiger partial charge in [0, 0.05) is 12.8 Å². The van der Waals surface area contributed by atoms with E-state index in [9.17, 15) is 14.4 Å². The largest absolute Gasteiger partial charge is 0.378 e. The first-order valence-corrected chi connectivity index (χ1v) is 21.5. The molecule has 0 bridgehead atoms. The van der Waals surface area contributed by atoms with Crippen LogP contribution in [0.2, 0.25) is 0 Å². The predicted molar refractivity (Wildman–Crippen MR) is 217 cm³/mol. The molecule has 1 heterocycles. The minimum Gasteiger partial charge on any atom is -0.378 e. The first-order chi connectivity index (χ1) is 31.1. The monoisotopic (exact) mass is 917 g/mol. The molecule has 0 spiro atoms. The predicted octanol–water partition coefficient (Wildman–Crippen LogP) is -0.200. The van der Waals surface area contributed by atoms with E-state index < -0.39 is 17.8 Å². The number of hydroxylamine groups is 2. The summed E-state index contributed by atoms with van der Waals surface area (Å²) in [6.45, 7) is 14.6. The van der Waals surface area contributed by atoms with Crippen molar-refractivity contribution in [3.8, 4) is 0 Å². The van der Waals surface area contributed by atoms with Crippen LogP contribution < -0.4 is 4.91 Å². The highest BCUT2D eigenvalue weighted by molar-refractivity contribution is 6.01. The molecular weight excluding hydrogens is 844 g/mol. The molecule has 0 saturated carbocycles. The Kier molecular flexibility index (Phi) is 45.1. The second-order valence-corrected chi connectivity index (χ2v) is 12.6. The van der Waals surface area contributed by atoms with Gasteiger partial charge in [-0.25, -0.2) is 4.79 Å². The smallest absolute Gasteiger partial charge is 0.335 e. The summed E-state index contributed by atoms with van der Waals surface area (Å²) in [5, 5.41) is 4.00. The van der Waals surface area contributed by atoms with Crippen molar-refractivity contribution in [2.45, 2.75) is 19.3 Å². The highest BCUT2D eigenvalue weighted by Crippen LogP contribution is 2.12. The number of carbonyl (C=O) groups excluding carboxylic acids is 3. The molecule has 2 amide bonds. The van der Waals surface area contributed by atoms with E-state index in [1.54, 1.807) is 0 Å². The van der Waals surface area contributed by atoms with E-state index in [0.29, 0.717) is 210 Å². The van der Waals surface area contributed by atoms with Gasteiger partial charge in [-0.15, -0.1) is 5.06 Å². The first-order valence-electron chi connectivity index (χ1n) is 21.5. The topological polar surface area (TPSA) is 262 Å². The Morgan fingerprint density at radius 3 is 0.810 bits per heavy atom. The lowest BCUT2D eigenvalue weighted by Crippen LogP contribution is -2.32. The van der Waals surface area contributed by atoms with Crippen molar-refractivity contribution in [1.82, 2.24) is 9.97 Å². The van der Waals surface area contributed by atoms with Crippen LogP contribution in [0, 0.1) is 5.53 Å². The van der Waals surface area contributed by atoms with E-state index in [2.05, 4.69) is 10.0 Å². The molecule has 368 valence electrons. The summed E-state index contributed by atoms with van der Waals surface area (Å²) >= 11 is 0. The van der Waals surface area contributed by atoms with Crippen molar-refractivity contribution in [1.29, 1.82) is 5.53 Å². The van der Waals surface area contributed by atoms with Crippen LogP contribution in [-0.4, -0.2) is 241 Å². The number of hydrogen-bond acceptors (Lipinski definition) is 22. The van der Waals surface area contributed by atoms with E-state index >= 15 is 0 Å². The molecule has 63 heavy (non-hydrogen) atoms. The highest BCUT2D eigenvalue weighted by Gasteiger charge is 2.32. The van der Waals surface area contributed by atoms with Gasteiger partial charge in [-0.1, -0.05) is 0 Å². The zero-order chi connectivity index (χ0) is 45.2. The number of hydrogen-bond donors (Lipinski definition) is 1. The molecule has 1 N–H and O–H groups in total. The minimum absolute atomic E-state index is 0.0543. The van der Waals surface area contributed by atoms with E-state index in [-0.39, 0.29) is 32.5 Å². The molecule has 0 radical (unpaired) electrons. The Morgan fingerprint density at radius 1 is 0.381 bits per heavy atom. The third-order valence-corrected chi connectivity index (χ3v) is 7.64. The van der Waals surface area contributed by atoms with Gasteiger partial charge in [0.25, 0.3) is 11.8 Å². The lowest BCUT2D eigenvalue weighted by atomic mass is 10.4. The lowest BCUT2D eigenvalue weighted by Gasteiger charge is -2.12. The van der Waals surface area contributed by atoms with Crippen LogP contribution in [-0.2, 0) is 95.0 Å². The number of ether oxygens (including phenoxy) is 16. The van der Waals surface area contributed by atoms with Crippen LogP contribution in [0.3, 0.4) is 0 Å². The molecule has 0 aliphatic carbocycles. The number of amides is 2. The van der Waals surface area contributed by atoms with Crippen molar-refractivity contribution in [2.24, 2.45) is 5.11 Å². The highest BCUT2D eigenvalue weighted by atomic mass is 16.7. The van der Waals surface area contributed by atoms with E-state index in [1.165, 1.54) is 0 Å². The molecule has 1 aliphatic rings. The molecule has 1 fully saturated rings. The molecule has 0 aromatic heterocycles. The van der Waals surface area contributed by atoms with Gasteiger partial charge in [0.2, 0.25) is 4.91 Å². The van der Waals surface area contributed by atoms with Crippen molar-refractivity contribution in [3.05, 3.63) is 0 Å². The average molecular weight is 918 g/mol. The quantitative estimate of drug-likeness (QED) is 0.0358. The zero-order valence-electron chi connectivity index (χ0n) is 37.0. The molecule has 0 unspecified atom stereocenters. The molecule has 24 nitrogen and oxygen atoms in total. The Hall–Kier alpha value is -2.72. The van der Waals surface area contributed by atoms with Gasteiger partial charge in [0.15, 0.2) is 0 Å². The Labute approximate surface area is 370 Å². The molecule has 0 aromatic carbocycles. The Bertz CT molecular complexity index is 1080. The van der Waals surface area contributed by atoms with Crippen LogP contribution in [0.5, 0.6) is 0 Å². The minimum atomic E-state index is -0.703. The summed E-state index contributed by atoms with van der Waals surface area (Å²) in [5.74, 6) is -1.73. The van der Waals surface area contributed by atoms with Gasteiger partial charge in [-0.3, -0.25) is 9.59 Å².